The van der Waals surface area contributed by atoms with Crippen molar-refractivity contribution in [2.24, 2.45) is 0 Å². The number of aromatic amines is 2. The molecule has 2 aromatic carbocycles. The Hall–Kier alpha value is -4.00. The van der Waals surface area contributed by atoms with Gasteiger partial charge in [-0.05, 0) is 30.3 Å². The second kappa shape index (κ2) is 5.75. The van der Waals surface area contributed by atoms with Crippen LogP contribution in [0.1, 0.15) is 10.4 Å². The molecule has 28 heavy (non-hydrogen) atoms. The normalized spacial score (nSPS) is 11.5. The van der Waals surface area contributed by atoms with Gasteiger partial charge >= 0.3 is 5.97 Å². The molecule has 0 bridgehead atoms. The van der Waals surface area contributed by atoms with Crippen molar-refractivity contribution < 1.29 is 19.7 Å². The molecule has 0 saturated heterocycles. The summed E-state index contributed by atoms with van der Waals surface area (Å²) >= 11 is 0. The van der Waals surface area contributed by atoms with Gasteiger partial charge in [0.25, 0.3) is 0 Å². The molecule has 4 N–H and O–H groups in total. The number of aromatic carboxylic acids is 1. The standard InChI is InChI=1S/C21H15N3O4/c1-28-11-3-5-15-13(7-11)18-17(24-15)9-23-20(19(18)21(26)27)14-8-22-16-6-10(25)2-4-12(14)16/h2-9,22,24-25H,1H3,(H,26,27). The maximum atomic E-state index is 12.3. The maximum absolute atomic E-state index is 12.3. The minimum absolute atomic E-state index is 0.117. The van der Waals surface area contributed by atoms with E-state index in [0.29, 0.717) is 33.4 Å². The van der Waals surface area contributed by atoms with E-state index in [0.717, 1.165) is 16.3 Å². The molecule has 5 rings (SSSR count). The average Bonchev–Trinajstić information content (AvgIpc) is 3.27. The predicted octanol–water partition coefficient (Wildman–Crippen LogP) is 4.28. The average molecular weight is 373 g/mol. The number of carboxylic acids is 1. The number of aromatic hydroxyl groups is 1. The van der Waals surface area contributed by atoms with Crippen LogP contribution in [0.15, 0.2) is 48.8 Å². The fourth-order valence-electron chi connectivity index (χ4n) is 3.72. The van der Waals surface area contributed by atoms with Gasteiger partial charge in [-0.1, -0.05) is 0 Å². The first-order valence-corrected chi connectivity index (χ1v) is 8.59. The number of aromatic nitrogens is 3. The lowest BCUT2D eigenvalue weighted by Crippen LogP contribution is -2.02. The fraction of sp³-hybridized carbons (Fsp3) is 0.0476. The van der Waals surface area contributed by atoms with Gasteiger partial charge in [-0.2, -0.15) is 0 Å². The Balaban J connectivity index is 1.89. The van der Waals surface area contributed by atoms with E-state index in [1.54, 1.807) is 37.7 Å². The molecular formula is C21H15N3O4. The molecule has 0 atom stereocenters. The Morgan fingerprint density at radius 1 is 1.07 bits per heavy atom. The first-order chi connectivity index (χ1) is 13.6. The van der Waals surface area contributed by atoms with Gasteiger partial charge in [0.15, 0.2) is 0 Å². The number of hydrogen-bond acceptors (Lipinski definition) is 4. The molecule has 0 aliphatic rings. The molecule has 5 aromatic rings. The van der Waals surface area contributed by atoms with Crippen molar-refractivity contribution in [3.8, 4) is 22.8 Å². The van der Waals surface area contributed by atoms with Crippen LogP contribution in [0.3, 0.4) is 0 Å². The molecule has 0 aliphatic carbocycles. The second-order valence-corrected chi connectivity index (χ2v) is 6.54. The smallest absolute Gasteiger partial charge is 0.338 e. The van der Waals surface area contributed by atoms with Crippen LogP contribution in [0.4, 0.5) is 0 Å². The highest BCUT2D eigenvalue weighted by Crippen LogP contribution is 2.37. The van der Waals surface area contributed by atoms with Gasteiger partial charge < -0.3 is 24.9 Å². The monoisotopic (exact) mass is 373 g/mol. The number of phenolic OH excluding ortho intramolecular Hbond substituents is 1. The van der Waals surface area contributed by atoms with Crippen molar-refractivity contribution in [1.29, 1.82) is 0 Å². The summed E-state index contributed by atoms with van der Waals surface area (Å²) in [6.07, 6.45) is 3.35. The van der Waals surface area contributed by atoms with Crippen LogP contribution in [0, 0.1) is 0 Å². The lowest BCUT2D eigenvalue weighted by atomic mass is 10.00. The number of phenols is 1. The van der Waals surface area contributed by atoms with Gasteiger partial charge in [-0.15, -0.1) is 0 Å². The van der Waals surface area contributed by atoms with Crippen molar-refractivity contribution in [3.63, 3.8) is 0 Å². The van der Waals surface area contributed by atoms with Crippen LogP contribution in [-0.2, 0) is 0 Å². The van der Waals surface area contributed by atoms with Crippen LogP contribution >= 0.6 is 0 Å². The molecule has 0 unspecified atom stereocenters. The van der Waals surface area contributed by atoms with E-state index in [2.05, 4.69) is 15.0 Å². The highest BCUT2D eigenvalue weighted by Gasteiger charge is 2.23. The molecule has 0 radical (unpaired) electrons. The zero-order valence-corrected chi connectivity index (χ0v) is 14.8. The van der Waals surface area contributed by atoms with E-state index in [9.17, 15) is 15.0 Å². The Morgan fingerprint density at radius 2 is 1.93 bits per heavy atom. The molecule has 0 saturated carbocycles. The van der Waals surface area contributed by atoms with Gasteiger partial charge in [0.1, 0.15) is 11.5 Å². The number of rotatable bonds is 3. The SMILES string of the molecule is COc1ccc2[nH]c3cnc(-c4c[nH]c5cc(O)ccc45)c(C(=O)O)c3c2c1. The Bertz CT molecular complexity index is 1400. The second-order valence-electron chi connectivity index (χ2n) is 6.54. The van der Waals surface area contributed by atoms with Crippen LogP contribution < -0.4 is 4.74 Å². The molecule has 138 valence electrons. The van der Waals surface area contributed by atoms with E-state index in [1.807, 2.05) is 18.2 Å². The molecule has 7 heteroatoms. The third-order valence-electron chi connectivity index (χ3n) is 4.98. The van der Waals surface area contributed by atoms with Crippen LogP contribution in [0.25, 0.3) is 44.0 Å². The van der Waals surface area contributed by atoms with Crippen molar-refractivity contribution in [2.45, 2.75) is 0 Å². The number of methoxy groups -OCH3 is 1. The van der Waals surface area contributed by atoms with E-state index in [1.165, 1.54) is 0 Å². The molecule has 3 aromatic heterocycles. The number of pyridine rings is 1. The highest BCUT2D eigenvalue weighted by molar-refractivity contribution is 6.19. The summed E-state index contributed by atoms with van der Waals surface area (Å²) in [5.41, 5.74) is 3.29. The van der Waals surface area contributed by atoms with Gasteiger partial charge in [0.05, 0.1) is 30.1 Å². The van der Waals surface area contributed by atoms with Gasteiger partial charge in [-0.3, -0.25) is 4.98 Å². The van der Waals surface area contributed by atoms with E-state index < -0.39 is 5.97 Å². The van der Waals surface area contributed by atoms with Crippen molar-refractivity contribution >= 4 is 38.7 Å². The zero-order chi connectivity index (χ0) is 19.4. The number of benzene rings is 2. The molecule has 0 spiro atoms. The minimum atomic E-state index is -1.06. The van der Waals surface area contributed by atoms with Crippen molar-refractivity contribution in [3.05, 3.63) is 54.4 Å². The van der Waals surface area contributed by atoms with E-state index >= 15 is 0 Å². The molecule has 0 amide bonds. The lowest BCUT2D eigenvalue weighted by Gasteiger charge is -2.07. The topological polar surface area (TPSA) is 111 Å². The quantitative estimate of drug-likeness (QED) is 0.377. The minimum Gasteiger partial charge on any atom is -0.508 e. The van der Waals surface area contributed by atoms with E-state index in [-0.39, 0.29) is 11.3 Å². The number of hydrogen-bond donors (Lipinski definition) is 4. The summed E-state index contributed by atoms with van der Waals surface area (Å²) in [5.74, 6) is -0.290. The third kappa shape index (κ3) is 2.23. The van der Waals surface area contributed by atoms with Crippen LogP contribution in [0.5, 0.6) is 11.5 Å². The molecule has 7 nitrogen and oxygen atoms in total. The predicted molar refractivity (Wildman–Crippen MR) is 106 cm³/mol. The number of nitrogens with zero attached hydrogens (tertiary/aromatic N) is 1. The number of carbonyl (C=O) groups is 1. The Morgan fingerprint density at radius 3 is 2.71 bits per heavy atom. The van der Waals surface area contributed by atoms with Gasteiger partial charge in [0, 0.05) is 45.0 Å². The van der Waals surface area contributed by atoms with E-state index in [4.69, 9.17) is 4.74 Å². The Labute approximate surface area is 158 Å². The van der Waals surface area contributed by atoms with Crippen LogP contribution in [-0.4, -0.2) is 38.2 Å². The first-order valence-electron chi connectivity index (χ1n) is 8.59. The zero-order valence-electron chi connectivity index (χ0n) is 14.8. The largest absolute Gasteiger partial charge is 0.508 e. The van der Waals surface area contributed by atoms with Gasteiger partial charge in [-0.25, -0.2) is 4.79 Å². The van der Waals surface area contributed by atoms with Crippen LogP contribution in [0.2, 0.25) is 0 Å². The Kier molecular flexibility index (Phi) is 3.33. The summed E-state index contributed by atoms with van der Waals surface area (Å²) in [7, 11) is 1.57. The first kappa shape index (κ1) is 16.2. The summed E-state index contributed by atoms with van der Waals surface area (Å²) in [5, 5.41) is 21.9. The third-order valence-corrected chi connectivity index (χ3v) is 4.98. The fourth-order valence-corrected chi connectivity index (χ4v) is 3.72. The summed E-state index contributed by atoms with van der Waals surface area (Å²) < 4.78 is 5.31. The number of carboxylic acid groups (broad SMARTS) is 1. The lowest BCUT2D eigenvalue weighted by molar-refractivity contribution is 0.0699. The molecule has 0 aliphatic heterocycles. The number of nitrogens with one attached hydrogen (secondary N) is 2. The highest BCUT2D eigenvalue weighted by atomic mass is 16.5. The molecular weight excluding hydrogens is 358 g/mol. The summed E-state index contributed by atoms with van der Waals surface area (Å²) in [4.78, 5) is 23.0. The molecule has 3 heterocycles. The number of ether oxygens (including phenoxy) is 1. The number of fused-ring (bicyclic) bond motifs is 4. The van der Waals surface area contributed by atoms with Crippen molar-refractivity contribution in [2.75, 3.05) is 7.11 Å². The summed E-state index contributed by atoms with van der Waals surface area (Å²) in [6, 6.07) is 10.4. The number of H-pyrrole nitrogens is 2. The van der Waals surface area contributed by atoms with Gasteiger partial charge in [0.2, 0.25) is 0 Å². The van der Waals surface area contributed by atoms with Crippen molar-refractivity contribution in [1.82, 2.24) is 15.0 Å². The molecule has 0 fully saturated rings. The summed E-state index contributed by atoms with van der Waals surface area (Å²) in [6.45, 7) is 0. The maximum Gasteiger partial charge on any atom is 0.338 e.